The lowest BCUT2D eigenvalue weighted by atomic mass is 10.1. The molecule has 2 aromatic rings. The van der Waals surface area contributed by atoms with Crippen molar-refractivity contribution in [3.05, 3.63) is 70.8 Å². The molecule has 0 unspecified atom stereocenters. The molecule has 0 fully saturated rings. The van der Waals surface area contributed by atoms with E-state index in [1.807, 2.05) is 37.3 Å². The van der Waals surface area contributed by atoms with Gasteiger partial charge in [-0.1, -0.05) is 37.3 Å². The van der Waals surface area contributed by atoms with Gasteiger partial charge < -0.3 is 4.74 Å². The van der Waals surface area contributed by atoms with E-state index < -0.39 is 5.97 Å². The molecule has 1 aliphatic heterocycles. The first kappa shape index (κ1) is 15.9. The van der Waals surface area contributed by atoms with Gasteiger partial charge in [0.15, 0.2) is 0 Å². The number of rotatable bonds is 5. The van der Waals surface area contributed by atoms with E-state index in [4.69, 9.17) is 4.74 Å². The zero-order chi connectivity index (χ0) is 17.1. The van der Waals surface area contributed by atoms with Gasteiger partial charge in [-0.2, -0.15) is 0 Å². The Hall–Kier alpha value is -2.95. The van der Waals surface area contributed by atoms with Crippen LogP contribution in [0, 0.1) is 0 Å². The Bertz CT molecular complexity index is 798. The van der Waals surface area contributed by atoms with Gasteiger partial charge in [0.1, 0.15) is 0 Å². The second kappa shape index (κ2) is 6.66. The van der Waals surface area contributed by atoms with Gasteiger partial charge in [0, 0.05) is 0 Å². The first-order chi connectivity index (χ1) is 11.6. The van der Waals surface area contributed by atoms with E-state index in [1.165, 1.54) is 23.1 Å². The van der Waals surface area contributed by atoms with Gasteiger partial charge in [-0.3, -0.25) is 14.5 Å². The van der Waals surface area contributed by atoms with Crippen LogP contribution in [0.5, 0.6) is 0 Å². The molecule has 2 aromatic carbocycles. The summed E-state index contributed by atoms with van der Waals surface area (Å²) in [4.78, 5) is 38.1. The lowest BCUT2D eigenvalue weighted by molar-refractivity contribution is 0.0504. The van der Waals surface area contributed by atoms with E-state index in [9.17, 15) is 14.4 Å². The maximum absolute atomic E-state index is 12.6. The third-order valence-electron chi connectivity index (χ3n) is 3.83. The molecule has 5 heteroatoms. The Kier molecular flexibility index (Phi) is 4.42. The molecule has 0 saturated carbocycles. The highest BCUT2D eigenvalue weighted by atomic mass is 16.5. The molecule has 122 valence electrons. The summed E-state index contributed by atoms with van der Waals surface area (Å²) in [7, 11) is 0. The normalized spacial score (nSPS) is 13.1. The molecule has 3 rings (SSSR count). The molecular weight excluding hydrogens is 306 g/mol. The minimum atomic E-state index is -0.485. The van der Waals surface area contributed by atoms with Crippen LogP contribution in [0.25, 0.3) is 0 Å². The summed E-state index contributed by atoms with van der Waals surface area (Å²) in [5, 5.41) is 0. The number of hydrogen-bond donors (Lipinski definition) is 0. The fraction of sp³-hybridized carbons (Fsp3) is 0.211. The average molecular weight is 323 g/mol. The van der Waals surface area contributed by atoms with Gasteiger partial charge in [0.05, 0.1) is 29.8 Å². The monoisotopic (exact) mass is 323 g/mol. The van der Waals surface area contributed by atoms with Crippen molar-refractivity contribution in [1.29, 1.82) is 0 Å². The lowest BCUT2D eigenvalue weighted by Gasteiger charge is -2.13. The van der Waals surface area contributed by atoms with Crippen LogP contribution in [0.2, 0.25) is 0 Å². The summed E-state index contributed by atoms with van der Waals surface area (Å²) in [5.41, 5.74) is 1.73. The maximum Gasteiger partial charge on any atom is 0.338 e. The SMILES string of the molecule is CCCOC(=O)c1ccc2c(c1)C(=O)N(Cc1ccccc1)C2=O. The molecule has 5 nitrogen and oxygen atoms in total. The molecule has 0 radical (unpaired) electrons. The van der Waals surface area contributed by atoms with Crippen LogP contribution in [0.15, 0.2) is 48.5 Å². The van der Waals surface area contributed by atoms with Gasteiger partial charge in [-0.25, -0.2) is 4.79 Å². The van der Waals surface area contributed by atoms with Gasteiger partial charge in [0.2, 0.25) is 0 Å². The topological polar surface area (TPSA) is 63.7 Å². The molecule has 0 N–H and O–H groups in total. The minimum absolute atomic E-state index is 0.211. The number of carbonyl (C=O) groups is 3. The van der Waals surface area contributed by atoms with Crippen molar-refractivity contribution in [2.75, 3.05) is 6.61 Å². The van der Waals surface area contributed by atoms with Crippen molar-refractivity contribution >= 4 is 17.8 Å². The van der Waals surface area contributed by atoms with Crippen molar-refractivity contribution in [2.24, 2.45) is 0 Å². The van der Waals surface area contributed by atoms with Gasteiger partial charge >= 0.3 is 5.97 Å². The molecule has 2 amide bonds. The zero-order valence-corrected chi connectivity index (χ0v) is 13.3. The molecule has 0 bridgehead atoms. The molecular formula is C19H17NO4. The smallest absolute Gasteiger partial charge is 0.338 e. The van der Waals surface area contributed by atoms with Crippen molar-refractivity contribution in [2.45, 2.75) is 19.9 Å². The number of fused-ring (bicyclic) bond motifs is 1. The van der Waals surface area contributed by atoms with Gasteiger partial charge in [-0.15, -0.1) is 0 Å². The van der Waals surface area contributed by atoms with Crippen molar-refractivity contribution in [1.82, 2.24) is 4.90 Å². The van der Waals surface area contributed by atoms with E-state index >= 15 is 0 Å². The number of nitrogens with zero attached hydrogens (tertiary/aromatic N) is 1. The summed E-state index contributed by atoms with van der Waals surface area (Å²) >= 11 is 0. The Morgan fingerprint density at radius 3 is 2.42 bits per heavy atom. The zero-order valence-electron chi connectivity index (χ0n) is 13.3. The van der Waals surface area contributed by atoms with Gasteiger partial charge in [0.25, 0.3) is 11.8 Å². The number of esters is 1. The van der Waals surface area contributed by atoms with E-state index in [0.29, 0.717) is 12.2 Å². The minimum Gasteiger partial charge on any atom is -0.462 e. The number of hydrogen-bond acceptors (Lipinski definition) is 4. The third kappa shape index (κ3) is 2.93. The molecule has 0 saturated heterocycles. The maximum atomic E-state index is 12.6. The second-order valence-electron chi connectivity index (χ2n) is 5.58. The average Bonchev–Trinajstić information content (AvgIpc) is 2.85. The van der Waals surface area contributed by atoms with Crippen LogP contribution < -0.4 is 0 Å². The van der Waals surface area contributed by atoms with Crippen LogP contribution in [-0.4, -0.2) is 29.3 Å². The first-order valence-electron chi connectivity index (χ1n) is 7.83. The largest absolute Gasteiger partial charge is 0.462 e. The van der Waals surface area contributed by atoms with Crippen molar-refractivity contribution in [3.8, 4) is 0 Å². The van der Waals surface area contributed by atoms with Gasteiger partial charge in [-0.05, 0) is 30.2 Å². The first-order valence-corrected chi connectivity index (χ1v) is 7.83. The summed E-state index contributed by atoms with van der Waals surface area (Å²) < 4.78 is 5.07. The van der Waals surface area contributed by atoms with Crippen LogP contribution >= 0.6 is 0 Å². The van der Waals surface area contributed by atoms with E-state index in [-0.39, 0.29) is 29.5 Å². The van der Waals surface area contributed by atoms with E-state index in [1.54, 1.807) is 0 Å². The van der Waals surface area contributed by atoms with Crippen LogP contribution in [0.1, 0.15) is 50.0 Å². The number of benzene rings is 2. The van der Waals surface area contributed by atoms with Crippen molar-refractivity contribution in [3.63, 3.8) is 0 Å². The molecule has 1 heterocycles. The van der Waals surface area contributed by atoms with Crippen LogP contribution in [0.4, 0.5) is 0 Å². The summed E-state index contributed by atoms with van der Waals surface area (Å²) in [6.07, 6.45) is 0.721. The summed E-state index contributed by atoms with van der Waals surface area (Å²) in [6.45, 7) is 2.44. The number of imide groups is 1. The molecule has 0 aromatic heterocycles. The molecule has 0 atom stereocenters. The molecule has 0 aliphatic carbocycles. The molecule has 1 aliphatic rings. The number of carbonyl (C=O) groups excluding carboxylic acids is 3. The quantitative estimate of drug-likeness (QED) is 0.627. The second-order valence-corrected chi connectivity index (χ2v) is 5.58. The predicted molar refractivity (Wildman–Crippen MR) is 87.7 cm³/mol. The molecule has 0 spiro atoms. The summed E-state index contributed by atoms with van der Waals surface area (Å²) in [6, 6.07) is 13.8. The predicted octanol–water partition coefficient (Wildman–Crippen LogP) is 3.05. The fourth-order valence-corrected chi connectivity index (χ4v) is 2.61. The van der Waals surface area contributed by atoms with E-state index in [2.05, 4.69) is 0 Å². The highest BCUT2D eigenvalue weighted by Gasteiger charge is 2.36. The number of amides is 2. The van der Waals surface area contributed by atoms with Crippen LogP contribution in [0.3, 0.4) is 0 Å². The highest BCUT2D eigenvalue weighted by molar-refractivity contribution is 6.21. The Balaban J connectivity index is 1.85. The highest BCUT2D eigenvalue weighted by Crippen LogP contribution is 2.26. The third-order valence-corrected chi connectivity index (χ3v) is 3.83. The number of ether oxygens (including phenoxy) is 1. The van der Waals surface area contributed by atoms with E-state index in [0.717, 1.165) is 12.0 Å². The van der Waals surface area contributed by atoms with Crippen LogP contribution in [-0.2, 0) is 11.3 Å². The standard InChI is InChI=1S/C19H17NO4/c1-2-10-24-19(23)14-8-9-15-16(11-14)18(22)20(17(15)21)12-13-6-4-3-5-7-13/h3-9,11H,2,10,12H2,1H3. The fourth-order valence-electron chi connectivity index (χ4n) is 2.61. The lowest BCUT2D eigenvalue weighted by Crippen LogP contribution is -2.29. The summed E-state index contributed by atoms with van der Waals surface area (Å²) in [5.74, 6) is -1.21. The Labute approximate surface area is 139 Å². The Morgan fingerprint density at radius 2 is 1.71 bits per heavy atom. The molecule has 24 heavy (non-hydrogen) atoms. The Morgan fingerprint density at radius 1 is 1.00 bits per heavy atom. The van der Waals surface area contributed by atoms with Crippen molar-refractivity contribution < 1.29 is 19.1 Å².